The summed E-state index contributed by atoms with van der Waals surface area (Å²) in [5.41, 5.74) is 5.43. The molecule has 77 heavy (non-hydrogen) atoms. The lowest BCUT2D eigenvalue weighted by Gasteiger charge is -2.06. The summed E-state index contributed by atoms with van der Waals surface area (Å²) in [6, 6.07) is 9.18. The van der Waals surface area contributed by atoms with Crippen LogP contribution >= 0.6 is 68.1 Å². The monoisotopic (exact) mass is 1240 g/mol. The molecule has 0 saturated carbocycles. The topological polar surface area (TPSA) is 229 Å². The fourth-order valence-corrected chi connectivity index (χ4v) is 6.55. The lowest BCUT2D eigenvalue weighted by atomic mass is 10.1. The number of carbonyl (C=O) groups is 7. The molecule has 0 bridgehead atoms. The van der Waals surface area contributed by atoms with Crippen LogP contribution in [0.3, 0.4) is 0 Å². The predicted octanol–water partition coefficient (Wildman–Crippen LogP) is 13.0. The standard InChI is InChI=1S/C16H16F3NO2S.2C8H13ClO3.C8H6F3NS.C8H14O3.CH4.Cl2O2S/c1-3-4-5-12-13(15(21)22-2)23-14(20-12)10-6-8-11(9-7-10)16(17,18)19;2*1-3-4-5-6(10)7(9)8(11)12-2;9-8(10,11)6-3-1-5(2-4-6)7(12)13;1-3-4-5-7(9)6-8(10)11-2;;1-5(2,3)4/h6-9H,3-5H2,1-2H3;2*7H,3-5H2,1-2H3;1-4H,(H2,12,13);3-6H2,1-2H3;1H4;. The van der Waals surface area contributed by atoms with Gasteiger partial charge in [0.1, 0.15) is 27.1 Å². The Kier molecular flexibility index (Phi) is 43.6. The smallest absolute Gasteiger partial charge is 0.416 e. The number of unbranched alkanes of at least 4 members (excludes halogenated alkanes) is 4. The number of carbonyl (C=O) groups excluding carboxylic acids is 7. The number of thiocarbonyl (C=S) groups is 1. The molecule has 28 heteroatoms. The number of nitrogens with two attached hydrogens (primary N) is 1. The second-order valence-corrected chi connectivity index (χ2v) is 21.1. The molecule has 438 valence electrons. The largest absolute Gasteiger partial charge is 0.469 e. The Morgan fingerprint density at radius 2 is 1.03 bits per heavy atom. The third-order valence-corrected chi connectivity index (χ3v) is 11.3. The van der Waals surface area contributed by atoms with Crippen molar-refractivity contribution in [2.45, 2.75) is 142 Å². The minimum Gasteiger partial charge on any atom is -0.469 e. The molecule has 0 radical (unpaired) electrons. The summed E-state index contributed by atoms with van der Waals surface area (Å²) in [6.45, 7) is 7.97. The van der Waals surface area contributed by atoms with E-state index in [1.165, 1.54) is 52.7 Å². The number of Topliss-reactive ketones (excluding diaryl/α,β-unsaturated/α-hetero) is 3. The van der Waals surface area contributed by atoms with Crippen LogP contribution in [0.4, 0.5) is 26.3 Å². The van der Waals surface area contributed by atoms with Crippen molar-refractivity contribution in [3.8, 4) is 10.6 Å². The normalized spacial score (nSPS) is 11.2. The molecular formula is C49H66Cl4F6N2O13S3. The van der Waals surface area contributed by atoms with E-state index in [0.717, 1.165) is 87.0 Å². The molecule has 0 aliphatic carbocycles. The van der Waals surface area contributed by atoms with Gasteiger partial charge < -0.3 is 24.7 Å². The molecule has 0 aliphatic heterocycles. The number of methoxy groups -OCH3 is 4. The second kappa shape index (κ2) is 42.5. The number of aryl methyl sites for hydroxylation is 1. The molecule has 3 rings (SSSR count). The molecule has 2 atom stereocenters. The highest BCUT2D eigenvalue weighted by atomic mass is 36.0. The molecule has 2 aromatic carbocycles. The lowest BCUT2D eigenvalue weighted by Crippen LogP contribution is -2.25. The van der Waals surface area contributed by atoms with Crippen molar-refractivity contribution in [3.63, 3.8) is 0 Å². The van der Waals surface area contributed by atoms with E-state index in [4.69, 9.17) is 42.1 Å². The number of benzene rings is 2. The van der Waals surface area contributed by atoms with Gasteiger partial charge in [0.05, 0.1) is 45.3 Å². The van der Waals surface area contributed by atoms with Crippen molar-refractivity contribution in [3.05, 3.63) is 75.8 Å². The number of hydrogen-bond donors (Lipinski definition) is 1. The van der Waals surface area contributed by atoms with Gasteiger partial charge in [-0.2, -0.15) is 34.8 Å². The Bertz CT molecular complexity index is 2330. The zero-order valence-electron chi connectivity index (χ0n) is 42.8. The summed E-state index contributed by atoms with van der Waals surface area (Å²) in [7, 11) is 9.82. The van der Waals surface area contributed by atoms with E-state index >= 15 is 0 Å². The first-order valence-corrected chi connectivity index (χ1v) is 27.9. The number of halogens is 10. The van der Waals surface area contributed by atoms with Crippen LogP contribution in [0, 0.1) is 0 Å². The van der Waals surface area contributed by atoms with Crippen molar-refractivity contribution in [2.24, 2.45) is 5.73 Å². The number of aromatic nitrogens is 1. The molecule has 1 aromatic heterocycles. The van der Waals surface area contributed by atoms with Crippen LogP contribution in [0.5, 0.6) is 0 Å². The number of esters is 4. The summed E-state index contributed by atoms with van der Waals surface area (Å²) in [5.74, 6) is -2.79. The van der Waals surface area contributed by atoms with Crippen LogP contribution in [0.1, 0.15) is 144 Å². The van der Waals surface area contributed by atoms with Gasteiger partial charge in [-0.25, -0.2) is 19.4 Å². The molecule has 0 fully saturated rings. The Morgan fingerprint density at radius 3 is 1.35 bits per heavy atom. The van der Waals surface area contributed by atoms with E-state index in [1.807, 2.05) is 27.7 Å². The van der Waals surface area contributed by atoms with E-state index in [9.17, 15) is 59.9 Å². The molecule has 2 N–H and O–H groups in total. The number of thiazole rings is 1. The van der Waals surface area contributed by atoms with Gasteiger partial charge >= 0.3 is 44.5 Å². The zero-order chi connectivity index (χ0) is 59.4. The second-order valence-electron chi connectivity index (χ2n) is 15.1. The first kappa shape index (κ1) is 79.0. The first-order chi connectivity index (χ1) is 35.2. The Hall–Kier alpha value is -4.46. The molecule has 1 heterocycles. The maximum Gasteiger partial charge on any atom is 0.416 e. The van der Waals surface area contributed by atoms with Crippen molar-refractivity contribution in [1.29, 1.82) is 0 Å². The third kappa shape index (κ3) is 37.9. The highest BCUT2D eigenvalue weighted by Gasteiger charge is 2.31. The number of rotatable bonds is 21. The van der Waals surface area contributed by atoms with Gasteiger partial charge in [-0.05, 0) is 56.4 Å². The molecule has 0 aliphatic rings. The van der Waals surface area contributed by atoms with Gasteiger partial charge in [0.15, 0.2) is 22.3 Å². The zero-order valence-corrected chi connectivity index (χ0v) is 48.3. The quantitative estimate of drug-likeness (QED) is 0.0199. The van der Waals surface area contributed by atoms with Gasteiger partial charge in [-0.3, -0.25) is 19.2 Å². The number of ether oxygens (including phenoxy) is 4. The predicted molar refractivity (Wildman–Crippen MR) is 291 cm³/mol. The highest BCUT2D eigenvalue weighted by Crippen LogP contribution is 2.34. The van der Waals surface area contributed by atoms with Gasteiger partial charge in [-0.15, -0.1) is 34.5 Å². The van der Waals surface area contributed by atoms with Crippen molar-refractivity contribution in [2.75, 3.05) is 28.4 Å². The number of ketones is 3. The van der Waals surface area contributed by atoms with Crippen LogP contribution in [0.2, 0.25) is 0 Å². The highest BCUT2D eigenvalue weighted by molar-refractivity contribution is 8.31. The molecule has 3 aromatic rings. The van der Waals surface area contributed by atoms with Gasteiger partial charge in [-0.1, -0.05) is 97.3 Å². The summed E-state index contributed by atoms with van der Waals surface area (Å²) < 4.78 is 110. The van der Waals surface area contributed by atoms with Crippen LogP contribution in [0.25, 0.3) is 10.6 Å². The van der Waals surface area contributed by atoms with Crippen LogP contribution < -0.4 is 5.73 Å². The number of nitrogens with zero attached hydrogens (tertiary/aromatic N) is 1. The first-order valence-electron chi connectivity index (χ1n) is 22.7. The maximum atomic E-state index is 12.6. The lowest BCUT2D eigenvalue weighted by molar-refractivity contribution is -0.144. The average Bonchev–Trinajstić information content (AvgIpc) is 3.81. The van der Waals surface area contributed by atoms with Crippen LogP contribution in [-0.2, 0) is 74.8 Å². The Labute approximate surface area is 474 Å². The summed E-state index contributed by atoms with van der Waals surface area (Å²) in [6.07, 6.45) is 0.0845. The van der Waals surface area contributed by atoms with E-state index in [-0.39, 0.29) is 36.2 Å². The van der Waals surface area contributed by atoms with E-state index in [0.29, 0.717) is 52.4 Å². The summed E-state index contributed by atoms with van der Waals surface area (Å²) >= 11 is 16.7. The SMILES string of the molecule is C.CCCCC(=O)C(Cl)C(=O)OC.CCCCC(=O)C(Cl)C(=O)OC.CCCCC(=O)CC(=O)OC.CCCCc1nc(-c2ccc(C(F)(F)F)cc2)sc1C(=O)OC.NC(=S)c1ccc(C(F)(F)F)cc1.O=S(=O)(Cl)Cl. The van der Waals surface area contributed by atoms with Crippen molar-refractivity contribution in [1.82, 2.24) is 4.98 Å². The van der Waals surface area contributed by atoms with Gasteiger partial charge in [0.2, 0.25) is 0 Å². The van der Waals surface area contributed by atoms with Crippen LogP contribution in [0.15, 0.2) is 48.5 Å². The summed E-state index contributed by atoms with van der Waals surface area (Å²) in [5, 5.41) is -1.73. The van der Waals surface area contributed by atoms with E-state index in [1.54, 1.807) is 0 Å². The van der Waals surface area contributed by atoms with E-state index < -0.39 is 66.4 Å². The molecule has 0 amide bonds. The molecule has 0 saturated heterocycles. The van der Waals surface area contributed by atoms with Crippen LogP contribution in [-0.4, -0.2) is 98.8 Å². The Morgan fingerprint density at radius 1 is 0.649 bits per heavy atom. The molecule has 2 unspecified atom stereocenters. The van der Waals surface area contributed by atoms with Crippen molar-refractivity contribution >= 4 is 123 Å². The van der Waals surface area contributed by atoms with Gasteiger partial charge in [0, 0.05) is 51.8 Å². The fourth-order valence-electron chi connectivity index (χ4n) is 4.99. The third-order valence-electron chi connectivity index (χ3n) is 9.10. The minimum absolute atomic E-state index is 0. The average molecular weight is 1240 g/mol. The molecule has 0 spiro atoms. The molecular weight excluding hydrogens is 1180 g/mol. The molecule has 15 nitrogen and oxygen atoms in total. The fraction of sp³-hybridized carbons (Fsp3) is 0.531. The van der Waals surface area contributed by atoms with E-state index in [2.05, 4.69) is 52.8 Å². The Balaban J connectivity index is -0.000000435. The maximum absolute atomic E-state index is 12.6. The number of hydrogen-bond acceptors (Lipinski definition) is 16. The summed E-state index contributed by atoms with van der Waals surface area (Å²) in [4.78, 5) is 81.8. The van der Waals surface area contributed by atoms with Gasteiger partial charge in [0.25, 0.3) is 0 Å². The minimum atomic E-state index is -4.37. The number of alkyl halides is 8. The van der Waals surface area contributed by atoms with Crippen molar-refractivity contribution < 1.29 is 87.3 Å².